The summed E-state index contributed by atoms with van der Waals surface area (Å²) in [6, 6.07) is 14.3. The highest BCUT2D eigenvalue weighted by atomic mass is 31.2. The topological polar surface area (TPSA) is 310 Å². The zero-order valence-corrected chi connectivity index (χ0v) is 46.8. The molecular weight excluding hydrogens is 1060 g/mol. The van der Waals surface area contributed by atoms with Crippen molar-refractivity contribution in [3.05, 3.63) is 105 Å². The number of hydrogen-bond donors (Lipinski definition) is 6. The van der Waals surface area contributed by atoms with Gasteiger partial charge in [-0.3, -0.25) is 56.9 Å². The Balaban J connectivity index is 0.890. The van der Waals surface area contributed by atoms with Crippen molar-refractivity contribution < 1.29 is 57.5 Å². The SMILES string of the molecule is CC(C)c1ccc(CCC(=O)[C@H](CCC(N)=O)NC(=O)[C@@H]2CC[C@@H]3CCN(C(=O)C4CCC(CCc5ccc6c(c5)n(C)c(=O)n6C5CCC(=O)CC5=O)CC4)C[C@H](NC(=O)c4cc5cc(C(=O)P(=O)(O)O)ccc5[nH]4)C(=O)N32)cc1. The summed E-state index contributed by atoms with van der Waals surface area (Å²) in [4.78, 5) is 160. The Morgan fingerprint density at radius 2 is 1.54 bits per heavy atom. The highest BCUT2D eigenvalue weighted by Gasteiger charge is 2.47. The van der Waals surface area contributed by atoms with E-state index in [1.54, 1.807) is 16.5 Å². The van der Waals surface area contributed by atoms with Gasteiger partial charge in [-0.15, -0.1) is 0 Å². The molecule has 4 fully saturated rings. The molecule has 0 radical (unpaired) electrons. The van der Waals surface area contributed by atoms with Gasteiger partial charge < -0.3 is 40.9 Å². The van der Waals surface area contributed by atoms with Gasteiger partial charge in [0.1, 0.15) is 23.6 Å². The number of aromatic amines is 1. The Hall–Kier alpha value is -7.35. The third kappa shape index (κ3) is 13.1. The van der Waals surface area contributed by atoms with E-state index in [9.17, 15) is 57.5 Å². The van der Waals surface area contributed by atoms with Gasteiger partial charge in [-0.05, 0) is 142 Å². The van der Waals surface area contributed by atoms with Crippen molar-refractivity contribution >= 4 is 81.9 Å². The average molecular weight is 1130 g/mol. The number of amides is 5. The molecule has 22 heteroatoms. The number of nitrogens with two attached hydrogens (primary N) is 1. The summed E-state index contributed by atoms with van der Waals surface area (Å²) in [5.74, 6) is -3.16. The van der Waals surface area contributed by atoms with Crippen LogP contribution in [0.15, 0.2) is 71.5 Å². The molecule has 4 aliphatic rings. The number of imidazole rings is 1. The highest BCUT2D eigenvalue weighted by Crippen LogP contribution is 2.40. The Kier molecular flexibility index (Phi) is 17.6. The minimum Gasteiger partial charge on any atom is -0.370 e. The zero-order chi connectivity index (χ0) is 58.0. The minimum absolute atomic E-state index is 0.0424. The van der Waals surface area contributed by atoms with E-state index >= 15 is 4.79 Å². The summed E-state index contributed by atoms with van der Waals surface area (Å²) in [6.07, 6.45) is 5.89. The second kappa shape index (κ2) is 24.4. The first-order chi connectivity index (χ1) is 38.5. The van der Waals surface area contributed by atoms with Crippen LogP contribution in [0.25, 0.3) is 21.9 Å². The number of aryl methyl sites for hydroxylation is 3. The van der Waals surface area contributed by atoms with Crippen LogP contribution in [0.2, 0.25) is 0 Å². The number of H-pyrrole nitrogens is 1. The Morgan fingerprint density at radius 3 is 2.23 bits per heavy atom. The van der Waals surface area contributed by atoms with Gasteiger partial charge in [-0.25, -0.2) is 4.79 Å². The zero-order valence-electron chi connectivity index (χ0n) is 45.9. The standard InChI is InChI=1S/C59H71N8O13P/c1-33(2)37-12-6-35(7-13-37)11-24-51(69)44(20-25-53(60)71)62-55(73)49-22-17-41-26-27-65(32-46(57(75)66(41)49)63-54(72)45-30-40-29-39(16-19-43(40)61-45)58(76)81(78,79)80)56(74)38-14-8-34(9-15-38)4-5-36-10-21-47-50(28-36)64(3)59(77)67(47)48-23-18-42(68)31-52(48)70/h6-7,10,12-13,16,19,21,28-30,33-34,38,41,44,46,48-49,61H,4-5,8-9,11,14-15,17-18,20,22-27,31-32H2,1-3H3,(H2,60,71)(H,62,73)(H,63,72)(H2,78,79,80)/t34?,38?,41-,44+,46+,48?,49+/m1/s1. The van der Waals surface area contributed by atoms with E-state index in [2.05, 4.69) is 29.5 Å². The predicted molar refractivity (Wildman–Crippen MR) is 299 cm³/mol. The van der Waals surface area contributed by atoms with E-state index in [-0.39, 0.29) is 103 Å². The van der Waals surface area contributed by atoms with Gasteiger partial charge in [0.2, 0.25) is 23.6 Å². The molecule has 21 nitrogen and oxygen atoms in total. The Bertz CT molecular complexity index is 3420. The molecule has 2 aromatic heterocycles. The number of primary amides is 1. The van der Waals surface area contributed by atoms with Gasteiger partial charge in [0, 0.05) is 67.8 Å². The lowest BCUT2D eigenvalue weighted by Crippen LogP contribution is -2.62. The molecule has 2 saturated carbocycles. The number of nitrogens with one attached hydrogen (secondary N) is 3. The lowest BCUT2D eigenvalue weighted by molar-refractivity contribution is -0.147. The Labute approximate surface area is 467 Å². The summed E-state index contributed by atoms with van der Waals surface area (Å²) in [5.41, 5.74) is 8.32. The quantitative estimate of drug-likeness (QED) is 0.0458. The normalized spacial score (nSPS) is 22.1. The van der Waals surface area contributed by atoms with Gasteiger partial charge in [-0.1, -0.05) is 44.2 Å². The van der Waals surface area contributed by atoms with Crippen molar-refractivity contribution in [2.75, 3.05) is 13.1 Å². The molecule has 2 aliphatic heterocycles. The monoisotopic (exact) mass is 1130 g/mol. The number of benzene rings is 3. The van der Waals surface area contributed by atoms with Crippen molar-refractivity contribution in [1.82, 2.24) is 34.6 Å². The number of Topliss-reactive ketones (excluding diaryl/α,β-unsaturated/α-hetero) is 3. The number of rotatable bonds is 19. The van der Waals surface area contributed by atoms with Crippen LogP contribution in [0, 0.1) is 11.8 Å². The molecular formula is C59H71N8O13P. The van der Waals surface area contributed by atoms with E-state index in [1.165, 1.54) is 33.7 Å². The van der Waals surface area contributed by atoms with Crippen LogP contribution in [-0.2, 0) is 58.0 Å². The van der Waals surface area contributed by atoms with E-state index in [0.29, 0.717) is 66.9 Å². The molecule has 0 spiro atoms. The largest absolute Gasteiger partial charge is 0.396 e. The summed E-state index contributed by atoms with van der Waals surface area (Å²) >= 11 is 0. The second-order valence-corrected chi connectivity index (χ2v) is 24.4. The van der Waals surface area contributed by atoms with Crippen LogP contribution in [0.5, 0.6) is 0 Å². The number of nitrogens with zero attached hydrogens (tertiary/aromatic N) is 4. The van der Waals surface area contributed by atoms with E-state index in [1.807, 2.05) is 42.5 Å². The fourth-order valence-electron chi connectivity index (χ4n) is 12.4. The summed E-state index contributed by atoms with van der Waals surface area (Å²) in [7, 11) is -3.44. The van der Waals surface area contributed by atoms with Crippen molar-refractivity contribution in [2.24, 2.45) is 24.6 Å². The lowest BCUT2D eigenvalue weighted by Gasteiger charge is -2.40. The lowest BCUT2D eigenvalue weighted by atomic mass is 9.79. The fourth-order valence-corrected chi connectivity index (χ4v) is 12.9. The summed E-state index contributed by atoms with van der Waals surface area (Å²) in [6.45, 7) is 4.17. The van der Waals surface area contributed by atoms with Crippen LogP contribution >= 0.6 is 7.60 Å². The van der Waals surface area contributed by atoms with Crippen molar-refractivity contribution in [1.29, 1.82) is 0 Å². The first-order valence-corrected chi connectivity index (χ1v) is 29.7. The average Bonchev–Trinajstić information content (AvgIpc) is 4.26. The number of ketones is 3. The molecule has 5 aromatic rings. The first-order valence-electron chi connectivity index (χ1n) is 28.1. The number of aromatic nitrogens is 3. The molecule has 0 bridgehead atoms. The van der Waals surface area contributed by atoms with Gasteiger partial charge in [-0.2, -0.15) is 0 Å². The summed E-state index contributed by atoms with van der Waals surface area (Å²) in [5, 5.41) is 5.95. The van der Waals surface area contributed by atoms with E-state index < -0.39 is 67.0 Å². The Morgan fingerprint density at radius 1 is 0.815 bits per heavy atom. The maximum absolute atomic E-state index is 15.1. The molecule has 9 rings (SSSR count). The smallest absolute Gasteiger partial charge is 0.370 e. The van der Waals surface area contributed by atoms with Crippen LogP contribution in [0.1, 0.15) is 153 Å². The minimum atomic E-state index is -5.12. The molecule has 5 atom stereocenters. The first kappa shape index (κ1) is 58.3. The molecule has 81 heavy (non-hydrogen) atoms. The van der Waals surface area contributed by atoms with Gasteiger partial charge in [0.05, 0.1) is 29.5 Å². The third-order valence-corrected chi connectivity index (χ3v) is 17.9. The van der Waals surface area contributed by atoms with Gasteiger partial charge in [0.15, 0.2) is 11.6 Å². The maximum atomic E-state index is 15.1. The third-order valence-electron chi connectivity index (χ3n) is 17.1. The fraction of sp³-hybridized carbons (Fsp3) is 0.492. The molecule has 430 valence electrons. The molecule has 4 heterocycles. The van der Waals surface area contributed by atoms with Crippen molar-refractivity contribution in [3.63, 3.8) is 0 Å². The molecule has 2 aliphatic carbocycles. The van der Waals surface area contributed by atoms with Crippen LogP contribution < -0.4 is 22.1 Å². The predicted octanol–water partition coefficient (Wildman–Crippen LogP) is 5.21. The second-order valence-electron chi connectivity index (χ2n) is 22.9. The molecule has 5 amide bonds. The number of carbonyl (C=O) groups excluding carboxylic acids is 9. The van der Waals surface area contributed by atoms with E-state index in [0.717, 1.165) is 42.4 Å². The van der Waals surface area contributed by atoms with Crippen LogP contribution in [0.4, 0.5) is 0 Å². The molecule has 2 saturated heterocycles. The van der Waals surface area contributed by atoms with Crippen LogP contribution in [-0.4, -0.2) is 123 Å². The van der Waals surface area contributed by atoms with Gasteiger partial charge in [0.25, 0.3) is 11.4 Å². The van der Waals surface area contributed by atoms with Crippen molar-refractivity contribution in [2.45, 2.75) is 153 Å². The molecule has 7 N–H and O–H groups in total. The highest BCUT2D eigenvalue weighted by molar-refractivity contribution is 7.70. The van der Waals surface area contributed by atoms with Gasteiger partial charge >= 0.3 is 13.3 Å². The van der Waals surface area contributed by atoms with Crippen LogP contribution in [0.3, 0.4) is 0 Å². The molecule has 1 unspecified atom stereocenters. The van der Waals surface area contributed by atoms with Crippen molar-refractivity contribution in [3.8, 4) is 0 Å². The number of fused-ring (bicyclic) bond motifs is 3. The van der Waals surface area contributed by atoms with E-state index in [4.69, 9.17) is 5.73 Å². The number of carbonyl (C=O) groups is 9. The maximum Gasteiger partial charge on any atom is 0.396 e. The summed E-state index contributed by atoms with van der Waals surface area (Å²) < 4.78 is 14.8. The number of hydrogen-bond acceptors (Lipinski definition) is 11. The molecule has 3 aromatic carbocycles.